The number of ether oxygens (including phenoxy) is 1. The first-order valence-corrected chi connectivity index (χ1v) is 9.47. The van der Waals surface area contributed by atoms with Gasteiger partial charge in [0.25, 0.3) is 0 Å². The average molecular weight is 325 g/mol. The Labute approximate surface area is 147 Å². The highest BCUT2D eigenvalue weighted by atomic mass is 16.5. The Morgan fingerprint density at radius 2 is 1.54 bits per heavy atom. The third kappa shape index (κ3) is 6.74. The van der Waals surface area contributed by atoms with Crippen molar-refractivity contribution in [3.05, 3.63) is 59.4 Å². The van der Waals surface area contributed by atoms with Crippen molar-refractivity contribution in [2.75, 3.05) is 6.61 Å². The van der Waals surface area contributed by atoms with E-state index in [-0.39, 0.29) is 0 Å². The van der Waals surface area contributed by atoms with Crippen molar-refractivity contribution >= 4 is 0 Å². The molecule has 2 rings (SSSR count). The predicted molar refractivity (Wildman–Crippen MR) is 102 cm³/mol. The third-order valence-electron chi connectivity index (χ3n) is 4.40. The monoisotopic (exact) mass is 325 g/mol. The van der Waals surface area contributed by atoms with Crippen LogP contribution in [0.25, 0.3) is 0 Å². The van der Waals surface area contributed by atoms with E-state index in [0.717, 1.165) is 38.0 Å². The third-order valence-corrected chi connectivity index (χ3v) is 4.40. The minimum absolute atomic E-state index is 0.830. The number of hydrogen-bond donors (Lipinski definition) is 0. The van der Waals surface area contributed by atoms with E-state index in [1.165, 1.54) is 42.5 Å². The van der Waals surface area contributed by atoms with E-state index in [2.05, 4.69) is 55.2 Å². The number of aromatic nitrogens is 1. The molecule has 0 N–H and O–H groups in total. The molecule has 1 heterocycles. The zero-order valence-corrected chi connectivity index (χ0v) is 15.3. The summed E-state index contributed by atoms with van der Waals surface area (Å²) < 4.78 is 5.82. The van der Waals surface area contributed by atoms with E-state index in [4.69, 9.17) is 4.74 Å². The number of pyridine rings is 1. The molecule has 0 spiro atoms. The molecular formula is C22H31NO. The van der Waals surface area contributed by atoms with Crippen LogP contribution in [0, 0.1) is 0 Å². The van der Waals surface area contributed by atoms with Crippen LogP contribution in [-0.2, 0) is 19.3 Å². The van der Waals surface area contributed by atoms with E-state index in [9.17, 15) is 0 Å². The van der Waals surface area contributed by atoms with Gasteiger partial charge < -0.3 is 4.74 Å². The van der Waals surface area contributed by atoms with Crippen molar-refractivity contribution < 1.29 is 4.74 Å². The maximum Gasteiger partial charge on any atom is 0.119 e. The first kappa shape index (κ1) is 18.5. The highest BCUT2D eigenvalue weighted by Crippen LogP contribution is 2.15. The Balaban J connectivity index is 1.69. The Morgan fingerprint density at radius 1 is 0.792 bits per heavy atom. The zero-order chi connectivity index (χ0) is 17.0. The summed E-state index contributed by atoms with van der Waals surface area (Å²) in [5.41, 5.74) is 3.81. The van der Waals surface area contributed by atoms with Crippen molar-refractivity contribution in [1.82, 2.24) is 4.98 Å². The molecule has 1 aromatic carbocycles. The van der Waals surface area contributed by atoms with Gasteiger partial charge in [-0.3, -0.25) is 4.98 Å². The fraction of sp³-hybridized carbons (Fsp3) is 0.500. The van der Waals surface area contributed by atoms with Crippen LogP contribution in [0.4, 0.5) is 0 Å². The summed E-state index contributed by atoms with van der Waals surface area (Å²) in [6.07, 6.45) is 11.4. The highest BCUT2D eigenvalue weighted by molar-refractivity contribution is 5.28. The van der Waals surface area contributed by atoms with Gasteiger partial charge in [-0.2, -0.15) is 0 Å². The maximum atomic E-state index is 5.82. The van der Waals surface area contributed by atoms with Gasteiger partial charge in [0.1, 0.15) is 5.75 Å². The molecule has 0 aliphatic rings. The lowest BCUT2D eigenvalue weighted by Gasteiger charge is -2.07. The molecule has 0 amide bonds. The molecule has 0 saturated heterocycles. The van der Waals surface area contributed by atoms with Gasteiger partial charge in [-0.05, 0) is 55.0 Å². The van der Waals surface area contributed by atoms with Crippen LogP contribution in [0.2, 0.25) is 0 Å². The predicted octanol–water partition coefficient (Wildman–Crippen LogP) is 5.78. The van der Waals surface area contributed by atoms with Crippen LogP contribution >= 0.6 is 0 Å². The molecule has 0 aliphatic carbocycles. The SMILES string of the molecule is CCCCCCCOc1ccc(CCc2ccc(CC)cn2)cc1. The lowest BCUT2D eigenvalue weighted by Crippen LogP contribution is -1.98. The van der Waals surface area contributed by atoms with E-state index >= 15 is 0 Å². The molecule has 1 aromatic heterocycles. The molecule has 24 heavy (non-hydrogen) atoms. The molecule has 0 fully saturated rings. The number of benzene rings is 1. The Bertz CT molecular complexity index is 560. The molecular weight excluding hydrogens is 294 g/mol. The van der Waals surface area contributed by atoms with Crippen LogP contribution in [0.1, 0.15) is 62.8 Å². The molecule has 0 bridgehead atoms. The maximum absolute atomic E-state index is 5.82. The summed E-state index contributed by atoms with van der Waals surface area (Å²) in [6.45, 7) is 5.23. The molecule has 2 aromatic rings. The van der Waals surface area contributed by atoms with Crippen LogP contribution < -0.4 is 4.74 Å². The number of aryl methyl sites for hydroxylation is 3. The number of nitrogens with zero attached hydrogens (tertiary/aromatic N) is 1. The topological polar surface area (TPSA) is 22.1 Å². The molecule has 0 atom stereocenters. The summed E-state index contributed by atoms with van der Waals surface area (Å²) in [4.78, 5) is 4.53. The minimum Gasteiger partial charge on any atom is -0.494 e. The summed E-state index contributed by atoms with van der Waals surface area (Å²) in [7, 11) is 0. The Hall–Kier alpha value is -1.83. The van der Waals surface area contributed by atoms with Gasteiger partial charge in [0.05, 0.1) is 6.61 Å². The van der Waals surface area contributed by atoms with E-state index in [1.54, 1.807) is 0 Å². The van der Waals surface area contributed by atoms with Gasteiger partial charge >= 0.3 is 0 Å². The van der Waals surface area contributed by atoms with Gasteiger partial charge in [0.15, 0.2) is 0 Å². The fourth-order valence-corrected chi connectivity index (χ4v) is 2.73. The van der Waals surface area contributed by atoms with Crippen molar-refractivity contribution in [3.63, 3.8) is 0 Å². The van der Waals surface area contributed by atoms with Gasteiger partial charge in [0.2, 0.25) is 0 Å². The molecule has 0 aliphatic heterocycles. The molecule has 0 radical (unpaired) electrons. The van der Waals surface area contributed by atoms with Crippen LogP contribution in [0.3, 0.4) is 0 Å². The summed E-state index contributed by atoms with van der Waals surface area (Å²) in [5, 5.41) is 0. The van der Waals surface area contributed by atoms with E-state index in [0.29, 0.717) is 0 Å². The summed E-state index contributed by atoms with van der Waals surface area (Å²) >= 11 is 0. The molecule has 2 heteroatoms. The number of rotatable bonds is 11. The summed E-state index contributed by atoms with van der Waals surface area (Å²) in [6, 6.07) is 12.9. The number of hydrogen-bond acceptors (Lipinski definition) is 2. The van der Waals surface area contributed by atoms with E-state index in [1.807, 2.05) is 6.20 Å². The van der Waals surface area contributed by atoms with Gasteiger partial charge in [-0.25, -0.2) is 0 Å². The lowest BCUT2D eigenvalue weighted by atomic mass is 10.1. The van der Waals surface area contributed by atoms with Gasteiger partial charge in [-0.15, -0.1) is 0 Å². The van der Waals surface area contributed by atoms with Gasteiger partial charge in [0, 0.05) is 11.9 Å². The molecule has 2 nitrogen and oxygen atoms in total. The van der Waals surface area contributed by atoms with Crippen LogP contribution in [0.15, 0.2) is 42.6 Å². The van der Waals surface area contributed by atoms with Crippen molar-refractivity contribution in [2.24, 2.45) is 0 Å². The van der Waals surface area contributed by atoms with Crippen molar-refractivity contribution in [2.45, 2.75) is 65.2 Å². The summed E-state index contributed by atoms with van der Waals surface area (Å²) in [5.74, 6) is 0.986. The van der Waals surface area contributed by atoms with Gasteiger partial charge in [-0.1, -0.05) is 57.7 Å². The Morgan fingerprint density at radius 3 is 2.21 bits per heavy atom. The van der Waals surface area contributed by atoms with Crippen molar-refractivity contribution in [1.29, 1.82) is 0 Å². The second-order valence-electron chi connectivity index (χ2n) is 6.42. The smallest absolute Gasteiger partial charge is 0.119 e. The minimum atomic E-state index is 0.830. The molecule has 0 saturated carbocycles. The average Bonchev–Trinajstić information content (AvgIpc) is 2.64. The van der Waals surface area contributed by atoms with Crippen LogP contribution in [0.5, 0.6) is 5.75 Å². The first-order chi connectivity index (χ1) is 11.8. The first-order valence-electron chi connectivity index (χ1n) is 9.47. The highest BCUT2D eigenvalue weighted by Gasteiger charge is 1.99. The standard InChI is InChI=1S/C22H31NO/c1-3-5-6-7-8-17-24-22-15-11-20(12-16-22)10-14-21-13-9-19(4-2)18-23-21/h9,11-13,15-16,18H,3-8,10,14,17H2,1-2H3. The fourth-order valence-electron chi connectivity index (χ4n) is 2.73. The second kappa shape index (κ2) is 10.9. The molecule has 0 unspecified atom stereocenters. The quantitative estimate of drug-likeness (QED) is 0.489. The number of unbranched alkanes of at least 4 members (excludes halogenated alkanes) is 4. The Kier molecular flexibility index (Phi) is 8.37. The van der Waals surface area contributed by atoms with E-state index < -0.39 is 0 Å². The lowest BCUT2D eigenvalue weighted by molar-refractivity contribution is 0.304. The second-order valence-corrected chi connectivity index (χ2v) is 6.42. The van der Waals surface area contributed by atoms with Crippen LogP contribution in [-0.4, -0.2) is 11.6 Å². The zero-order valence-electron chi connectivity index (χ0n) is 15.3. The van der Waals surface area contributed by atoms with Crippen molar-refractivity contribution in [3.8, 4) is 5.75 Å². The molecule has 130 valence electrons. The normalized spacial score (nSPS) is 10.8. The largest absolute Gasteiger partial charge is 0.494 e.